The number of amides is 1. The zero-order valence-corrected chi connectivity index (χ0v) is 21.3. The fourth-order valence-corrected chi connectivity index (χ4v) is 4.92. The summed E-state index contributed by atoms with van der Waals surface area (Å²) >= 11 is 6.23. The fourth-order valence-electron chi connectivity index (χ4n) is 3.25. The van der Waals surface area contributed by atoms with Gasteiger partial charge >= 0.3 is 5.97 Å². The average Bonchev–Trinajstić information content (AvgIpc) is 2.65. The van der Waals surface area contributed by atoms with E-state index in [9.17, 15) is 18.0 Å². The first-order valence-corrected chi connectivity index (χ1v) is 12.6. The van der Waals surface area contributed by atoms with Crippen LogP contribution in [-0.2, 0) is 24.2 Å². The third kappa shape index (κ3) is 7.47. The van der Waals surface area contributed by atoms with Crippen molar-refractivity contribution < 1.29 is 27.5 Å². The third-order valence-corrected chi connectivity index (χ3v) is 6.63. The maximum Gasteiger partial charge on any atom is 0.344 e. The lowest BCUT2D eigenvalue weighted by Crippen LogP contribution is -2.27. The number of esters is 1. The van der Waals surface area contributed by atoms with E-state index in [-0.39, 0.29) is 28.8 Å². The lowest BCUT2D eigenvalue weighted by molar-refractivity contribution is -0.157. The van der Waals surface area contributed by atoms with Crippen LogP contribution in [0.2, 0.25) is 5.02 Å². The predicted octanol–water partition coefficient (Wildman–Crippen LogP) is 5.18. The fraction of sp³-hybridized carbons (Fsp3) is 0.417. The molecule has 2 rings (SSSR count). The van der Waals surface area contributed by atoms with E-state index in [1.165, 1.54) is 13.0 Å². The van der Waals surface area contributed by atoms with Crippen LogP contribution >= 0.6 is 11.6 Å². The van der Waals surface area contributed by atoms with E-state index >= 15 is 0 Å². The topological polar surface area (TPSA) is 98.8 Å². The number of anilines is 1. The summed E-state index contributed by atoms with van der Waals surface area (Å²) in [5, 5.41) is 3.02. The highest BCUT2D eigenvalue weighted by molar-refractivity contribution is 7.91. The molecule has 0 aliphatic carbocycles. The molecule has 0 bridgehead atoms. The molecule has 180 valence electrons. The van der Waals surface area contributed by atoms with E-state index in [0.717, 1.165) is 0 Å². The highest BCUT2D eigenvalue weighted by Gasteiger charge is 2.23. The Bertz CT molecular complexity index is 1150. The first-order chi connectivity index (χ1) is 15.2. The van der Waals surface area contributed by atoms with Crippen molar-refractivity contribution in [1.29, 1.82) is 0 Å². The van der Waals surface area contributed by atoms with Gasteiger partial charge in [0.15, 0.2) is 16.4 Å². The Balaban J connectivity index is 2.58. The van der Waals surface area contributed by atoms with Crippen LogP contribution in [0.3, 0.4) is 0 Å². The number of rotatable bonds is 8. The van der Waals surface area contributed by atoms with Crippen LogP contribution in [0.4, 0.5) is 5.69 Å². The molecule has 0 aliphatic rings. The van der Waals surface area contributed by atoms with E-state index < -0.39 is 21.4 Å². The summed E-state index contributed by atoms with van der Waals surface area (Å²) in [6.07, 6.45) is 0.423. The lowest BCUT2D eigenvalue weighted by atomic mass is 9.99. The van der Waals surface area contributed by atoms with E-state index in [2.05, 4.69) is 5.32 Å². The van der Waals surface area contributed by atoms with Crippen LogP contribution < -0.4 is 10.1 Å². The second-order valence-corrected chi connectivity index (χ2v) is 11.2. The van der Waals surface area contributed by atoms with Crippen molar-refractivity contribution in [2.24, 2.45) is 0 Å². The maximum atomic E-state index is 13.0. The molecular weight excluding hydrogens is 466 g/mol. The number of carbonyl (C=O) groups is 2. The molecule has 0 saturated heterocycles. The normalized spacial score (nSPS) is 11.7. The van der Waals surface area contributed by atoms with E-state index in [1.54, 1.807) is 58.9 Å². The van der Waals surface area contributed by atoms with Gasteiger partial charge in [-0.25, -0.2) is 13.2 Å². The second kappa shape index (κ2) is 10.6. The summed E-state index contributed by atoms with van der Waals surface area (Å²) in [5.41, 5.74) is 1.34. The van der Waals surface area contributed by atoms with Crippen LogP contribution in [0.25, 0.3) is 11.1 Å². The Morgan fingerprint density at radius 2 is 1.76 bits per heavy atom. The van der Waals surface area contributed by atoms with Gasteiger partial charge < -0.3 is 14.8 Å². The molecule has 0 spiro atoms. The van der Waals surface area contributed by atoms with Gasteiger partial charge in [0.2, 0.25) is 5.91 Å². The Morgan fingerprint density at radius 1 is 1.09 bits per heavy atom. The molecule has 0 aromatic heterocycles. The molecule has 1 N–H and O–H groups in total. The molecule has 2 aromatic rings. The monoisotopic (exact) mass is 495 g/mol. The highest BCUT2D eigenvalue weighted by atomic mass is 35.5. The molecule has 0 heterocycles. The zero-order valence-electron chi connectivity index (χ0n) is 19.7. The summed E-state index contributed by atoms with van der Waals surface area (Å²) in [7, 11) is -3.67. The van der Waals surface area contributed by atoms with Crippen molar-refractivity contribution in [3.05, 3.63) is 40.9 Å². The van der Waals surface area contributed by atoms with Crippen LogP contribution in [0.5, 0.6) is 5.75 Å². The first kappa shape index (κ1) is 26.7. The van der Waals surface area contributed by atoms with Gasteiger partial charge in [-0.1, -0.05) is 18.5 Å². The predicted molar refractivity (Wildman–Crippen MR) is 130 cm³/mol. The molecule has 2 aromatic carbocycles. The van der Waals surface area contributed by atoms with Gasteiger partial charge in [0.25, 0.3) is 0 Å². The van der Waals surface area contributed by atoms with Gasteiger partial charge in [-0.2, -0.15) is 0 Å². The smallest absolute Gasteiger partial charge is 0.344 e. The van der Waals surface area contributed by atoms with Crippen molar-refractivity contribution in [3.8, 4) is 16.9 Å². The minimum atomic E-state index is -3.67. The maximum absolute atomic E-state index is 13.0. The second-order valence-electron chi connectivity index (χ2n) is 8.68. The van der Waals surface area contributed by atoms with Gasteiger partial charge in [-0.05, 0) is 75.6 Å². The minimum absolute atomic E-state index is 0.0122. The third-order valence-electron chi connectivity index (χ3n) is 4.44. The number of aryl methyl sites for hydroxylation is 1. The summed E-state index contributed by atoms with van der Waals surface area (Å²) in [4.78, 5) is 23.8. The summed E-state index contributed by atoms with van der Waals surface area (Å²) < 4.78 is 36.9. The van der Waals surface area contributed by atoms with Gasteiger partial charge in [0.05, 0.1) is 16.3 Å². The van der Waals surface area contributed by atoms with Crippen molar-refractivity contribution >= 4 is 39.0 Å². The first-order valence-electron chi connectivity index (χ1n) is 10.5. The Kier molecular flexibility index (Phi) is 8.54. The summed E-state index contributed by atoms with van der Waals surface area (Å²) in [6.45, 7) is 9.83. The Labute approximate surface area is 200 Å². The molecule has 0 unspecified atom stereocenters. The SMILES string of the molecule is CCCS(=O)(=O)c1cc(-c2cc(Cl)ccc2OCC(=O)OC(C)(C)C)c(C)cc1NC(C)=O. The summed E-state index contributed by atoms with van der Waals surface area (Å²) in [5.74, 6) is -0.634. The standard InChI is InChI=1S/C24H30ClNO6S/c1-7-10-33(29,30)22-13-18(15(2)11-20(22)26-16(3)27)19-12-17(25)8-9-21(19)31-14-23(28)32-24(4,5)6/h8-9,11-13H,7,10,14H2,1-6H3,(H,26,27). The molecular formula is C24H30ClNO6S. The molecule has 9 heteroatoms. The minimum Gasteiger partial charge on any atom is -0.481 e. The number of benzene rings is 2. The number of nitrogens with one attached hydrogen (secondary N) is 1. The van der Waals surface area contributed by atoms with Crippen molar-refractivity contribution in [3.63, 3.8) is 0 Å². The van der Waals surface area contributed by atoms with Crippen molar-refractivity contribution in [2.45, 2.75) is 58.5 Å². The average molecular weight is 496 g/mol. The largest absolute Gasteiger partial charge is 0.481 e. The molecule has 0 radical (unpaired) electrons. The van der Waals surface area contributed by atoms with E-state index in [0.29, 0.717) is 33.9 Å². The molecule has 0 saturated carbocycles. The zero-order chi connectivity index (χ0) is 25.0. The number of halogens is 1. The van der Waals surface area contributed by atoms with Gasteiger partial charge in [-0.3, -0.25) is 4.79 Å². The highest BCUT2D eigenvalue weighted by Crippen LogP contribution is 2.38. The molecule has 7 nitrogen and oxygen atoms in total. The molecule has 33 heavy (non-hydrogen) atoms. The number of hydrogen-bond acceptors (Lipinski definition) is 6. The number of ether oxygens (including phenoxy) is 2. The number of sulfone groups is 1. The van der Waals surface area contributed by atoms with Crippen molar-refractivity contribution in [2.75, 3.05) is 17.7 Å². The van der Waals surface area contributed by atoms with E-state index in [1.807, 2.05) is 0 Å². The van der Waals surface area contributed by atoms with Gasteiger partial charge in [0.1, 0.15) is 11.4 Å². The van der Waals surface area contributed by atoms with E-state index in [4.69, 9.17) is 21.1 Å². The van der Waals surface area contributed by atoms with Crippen LogP contribution in [-0.4, -0.2) is 38.3 Å². The lowest BCUT2D eigenvalue weighted by Gasteiger charge is -2.20. The van der Waals surface area contributed by atoms with Gasteiger partial charge in [0, 0.05) is 17.5 Å². The Hall–Kier alpha value is -2.58. The van der Waals surface area contributed by atoms with Crippen LogP contribution in [0.1, 0.15) is 46.6 Å². The molecule has 0 atom stereocenters. The van der Waals surface area contributed by atoms with Crippen LogP contribution in [0, 0.1) is 6.92 Å². The number of hydrogen-bond donors (Lipinski definition) is 1. The quantitative estimate of drug-likeness (QED) is 0.507. The van der Waals surface area contributed by atoms with Crippen LogP contribution in [0.15, 0.2) is 35.2 Å². The Morgan fingerprint density at radius 3 is 2.33 bits per heavy atom. The number of carbonyl (C=O) groups excluding carboxylic acids is 2. The van der Waals surface area contributed by atoms with Crippen molar-refractivity contribution in [1.82, 2.24) is 0 Å². The molecule has 0 fully saturated rings. The molecule has 1 amide bonds. The van der Waals surface area contributed by atoms with Gasteiger partial charge in [-0.15, -0.1) is 0 Å². The molecule has 0 aliphatic heterocycles. The summed E-state index contributed by atoms with van der Waals surface area (Å²) in [6, 6.07) is 7.99.